The van der Waals surface area contributed by atoms with Crippen LogP contribution < -0.4 is 0 Å². The molecule has 32 heavy (non-hydrogen) atoms. The van der Waals surface area contributed by atoms with Crippen molar-refractivity contribution in [1.29, 1.82) is 0 Å². The van der Waals surface area contributed by atoms with E-state index in [4.69, 9.17) is 4.74 Å². The second kappa shape index (κ2) is 10.1. The molecule has 1 aliphatic heterocycles. The predicted molar refractivity (Wildman–Crippen MR) is 123 cm³/mol. The number of carbonyl (C=O) groups is 1. The molecule has 2 unspecified atom stereocenters. The Labute approximate surface area is 191 Å². The molecule has 6 heteroatoms. The zero-order valence-corrected chi connectivity index (χ0v) is 19.2. The average molecular weight is 439 g/mol. The highest BCUT2D eigenvalue weighted by Gasteiger charge is 2.48. The molecular formula is C26H36N3O3+. The Morgan fingerprint density at radius 3 is 2.53 bits per heavy atom. The lowest BCUT2D eigenvalue weighted by atomic mass is 9.80. The highest BCUT2D eigenvalue weighted by Crippen LogP contribution is 2.41. The molecule has 6 nitrogen and oxygen atoms in total. The van der Waals surface area contributed by atoms with Gasteiger partial charge in [-0.2, -0.15) is 0 Å². The van der Waals surface area contributed by atoms with Crippen LogP contribution in [0.4, 0.5) is 0 Å². The summed E-state index contributed by atoms with van der Waals surface area (Å²) in [7, 11) is 2.26. The lowest BCUT2D eigenvalue weighted by molar-refractivity contribution is -0.921. The van der Waals surface area contributed by atoms with Crippen molar-refractivity contribution in [2.24, 2.45) is 5.92 Å². The van der Waals surface area contributed by atoms with E-state index in [0.717, 1.165) is 74.8 Å². The maximum atomic E-state index is 13.3. The number of aryl methyl sites for hydroxylation is 1. The van der Waals surface area contributed by atoms with Gasteiger partial charge in [-0.1, -0.05) is 43.2 Å². The summed E-state index contributed by atoms with van der Waals surface area (Å²) in [6.07, 6.45) is 11.4. The zero-order valence-electron chi connectivity index (χ0n) is 19.2. The predicted octanol–water partition coefficient (Wildman–Crippen LogP) is 3.64. The number of likely N-dealkylation sites (tertiary alicyclic amines) is 1. The minimum Gasteiger partial charge on any atom is -0.457 e. The van der Waals surface area contributed by atoms with Crippen LogP contribution in [-0.4, -0.2) is 58.3 Å². The quantitative estimate of drug-likeness (QED) is 0.478. The first kappa shape index (κ1) is 22.9. The molecule has 1 saturated carbocycles. The number of hydrogen-bond donors (Lipinski definition) is 1. The van der Waals surface area contributed by atoms with E-state index < -0.39 is 11.6 Å². The number of benzene rings is 1. The van der Waals surface area contributed by atoms with Gasteiger partial charge in [-0.25, -0.2) is 14.8 Å². The number of aromatic nitrogens is 2. The molecule has 4 rings (SSSR count). The Morgan fingerprint density at radius 2 is 1.81 bits per heavy atom. The van der Waals surface area contributed by atoms with Gasteiger partial charge in [-0.3, -0.25) is 0 Å². The topological polar surface area (TPSA) is 72.3 Å². The second-order valence-electron chi connectivity index (χ2n) is 9.70. The van der Waals surface area contributed by atoms with Gasteiger partial charge in [-0.15, -0.1) is 0 Å². The summed E-state index contributed by atoms with van der Waals surface area (Å²) in [4.78, 5) is 22.0. The van der Waals surface area contributed by atoms with E-state index in [1.165, 1.54) is 0 Å². The molecule has 1 saturated heterocycles. The number of nitrogens with zero attached hydrogens (tertiary/aromatic N) is 3. The highest BCUT2D eigenvalue weighted by molar-refractivity contribution is 5.81. The first-order valence-electron chi connectivity index (χ1n) is 12.1. The molecule has 2 aliphatic rings. The van der Waals surface area contributed by atoms with E-state index in [1.54, 1.807) is 12.4 Å². The number of likely N-dealkylation sites (N-methyl/N-ethyl adjacent to an activating group) is 1. The fourth-order valence-electron chi connectivity index (χ4n) is 5.64. The van der Waals surface area contributed by atoms with Crippen molar-refractivity contribution in [3.63, 3.8) is 0 Å². The number of hydrogen-bond acceptors (Lipinski definition) is 5. The summed E-state index contributed by atoms with van der Waals surface area (Å²) in [5, 5.41) is 11.6. The Morgan fingerprint density at radius 1 is 1.09 bits per heavy atom. The Hall–Kier alpha value is -2.31. The summed E-state index contributed by atoms with van der Waals surface area (Å²) in [5.41, 5.74) is -0.895. The maximum absolute atomic E-state index is 13.3. The van der Waals surface area contributed by atoms with Gasteiger partial charge < -0.3 is 14.3 Å². The minimum atomic E-state index is -1.55. The van der Waals surface area contributed by atoms with Crippen LogP contribution in [0, 0.1) is 5.92 Å². The number of rotatable bonds is 9. The van der Waals surface area contributed by atoms with Crippen molar-refractivity contribution >= 4 is 5.97 Å². The lowest BCUT2D eigenvalue weighted by Gasteiger charge is -2.37. The third-order valence-electron chi connectivity index (χ3n) is 7.65. The molecule has 0 amide bonds. The van der Waals surface area contributed by atoms with E-state index in [-0.39, 0.29) is 12.0 Å². The molecule has 1 aliphatic carbocycles. The van der Waals surface area contributed by atoms with Crippen molar-refractivity contribution in [1.82, 2.24) is 9.97 Å². The highest BCUT2D eigenvalue weighted by atomic mass is 16.6. The Kier molecular flexibility index (Phi) is 7.21. The van der Waals surface area contributed by atoms with Crippen LogP contribution in [0.3, 0.4) is 0 Å². The SMILES string of the molecule is C[N+]1(CCCc2ncccn2)CCC[C@@H]1COC(=O)C(O)(c1ccccc1)C1CCCC1. The smallest absolute Gasteiger partial charge is 0.343 e. The van der Waals surface area contributed by atoms with Crippen molar-refractivity contribution in [3.8, 4) is 0 Å². The molecule has 0 radical (unpaired) electrons. The first-order chi connectivity index (χ1) is 15.5. The summed E-state index contributed by atoms with van der Waals surface area (Å²) >= 11 is 0. The third-order valence-corrected chi connectivity index (χ3v) is 7.65. The number of aliphatic hydroxyl groups is 1. The van der Waals surface area contributed by atoms with E-state index in [9.17, 15) is 9.90 Å². The number of esters is 1. The Balaban J connectivity index is 1.38. The fourth-order valence-corrected chi connectivity index (χ4v) is 5.64. The summed E-state index contributed by atoms with van der Waals surface area (Å²) in [5.74, 6) is 0.324. The van der Waals surface area contributed by atoms with Gasteiger partial charge in [-0.05, 0) is 24.5 Å². The van der Waals surface area contributed by atoms with Gasteiger partial charge in [0.15, 0.2) is 5.60 Å². The Bertz CT molecular complexity index is 872. The molecule has 1 aromatic heterocycles. The monoisotopic (exact) mass is 438 g/mol. The fraction of sp³-hybridized carbons (Fsp3) is 0.577. The molecule has 1 N–H and O–H groups in total. The molecule has 2 heterocycles. The molecule has 3 atom stereocenters. The van der Waals surface area contributed by atoms with E-state index in [0.29, 0.717) is 12.2 Å². The number of carbonyl (C=O) groups excluding carboxylic acids is 1. The average Bonchev–Trinajstić information content (AvgIpc) is 3.49. The summed E-state index contributed by atoms with van der Waals surface area (Å²) < 4.78 is 6.78. The van der Waals surface area contributed by atoms with Crippen LogP contribution >= 0.6 is 0 Å². The van der Waals surface area contributed by atoms with Gasteiger partial charge in [0.05, 0.1) is 20.1 Å². The molecule has 0 bridgehead atoms. The van der Waals surface area contributed by atoms with Crippen molar-refractivity contribution in [2.75, 3.05) is 26.7 Å². The van der Waals surface area contributed by atoms with Crippen molar-refractivity contribution < 1.29 is 19.1 Å². The lowest BCUT2D eigenvalue weighted by Crippen LogP contribution is -2.52. The molecule has 2 fully saturated rings. The van der Waals surface area contributed by atoms with Gasteiger partial charge in [0, 0.05) is 44.0 Å². The number of ether oxygens (including phenoxy) is 1. The third kappa shape index (κ3) is 4.86. The molecule has 1 aromatic carbocycles. The zero-order chi connectivity index (χ0) is 22.4. The van der Waals surface area contributed by atoms with Gasteiger partial charge in [0.2, 0.25) is 0 Å². The number of quaternary nitrogens is 1. The second-order valence-corrected chi connectivity index (χ2v) is 9.70. The van der Waals surface area contributed by atoms with E-state index in [1.807, 2.05) is 36.4 Å². The van der Waals surface area contributed by atoms with Crippen LogP contribution in [0.25, 0.3) is 0 Å². The maximum Gasteiger partial charge on any atom is 0.343 e. The van der Waals surface area contributed by atoms with Crippen molar-refractivity contribution in [3.05, 3.63) is 60.2 Å². The van der Waals surface area contributed by atoms with Crippen LogP contribution in [0.15, 0.2) is 48.8 Å². The summed E-state index contributed by atoms with van der Waals surface area (Å²) in [6.45, 7) is 2.45. The largest absolute Gasteiger partial charge is 0.457 e. The van der Waals surface area contributed by atoms with Crippen LogP contribution in [-0.2, 0) is 21.6 Å². The van der Waals surface area contributed by atoms with Gasteiger partial charge in [0.25, 0.3) is 0 Å². The molecule has 2 aromatic rings. The van der Waals surface area contributed by atoms with E-state index in [2.05, 4.69) is 17.0 Å². The standard InChI is InChI=1S/C26H36N3O3/c1-29(19-8-15-24-27-16-9-17-28-24)18-7-14-23(29)20-32-25(30)26(31,22-12-5-6-13-22)21-10-3-2-4-11-21/h2-4,9-11,16-17,22-23,31H,5-8,12-15,18-20H2,1H3/q+1/t23-,26?,29?/m1/s1. The van der Waals surface area contributed by atoms with Crippen LogP contribution in [0.1, 0.15) is 56.3 Å². The van der Waals surface area contributed by atoms with E-state index >= 15 is 0 Å². The van der Waals surface area contributed by atoms with Crippen LogP contribution in [0.2, 0.25) is 0 Å². The van der Waals surface area contributed by atoms with Gasteiger partial charge in [0.1, 0.15) is 18.5 Å². The molecular weight excluding hydrogens is 402 g/mol. The van der Waals surface area contributed by atoms with Crippen LogP contribution in [0.5, 0.6) is 0 Å². The first-order valence-corrected chi connectivity index (χ1v) is 12.1. The normalized spacial score (nSPS) is 25.5. The minimum absolute atomic E-state index is 0.0762. The van der Waals surface area contributed by atoms with Gasteiger partial charge >= 0.3 is 5.97 Å². The molecule has 172 valence electrons. The van der Waals surface area contributed by atoms with Crippen molar-refractivity contribution in [2.45, 2.75) is 63.0 Å². The molecule has 0 spiro atoms. The summed E-state index contributed by atoms with van der Waals surface area (Å²) in [6, 6.07) is 11.5.